The minimum atomic E-state index is -0.793. The van der Waals surface area contributed by atoms with Crippen LogP contribution < -0.4 is 36.0 Å². The number of aryl methyl sites for hydroxylation is 2. The van der Waals surface area contributed by atoms with Gasteiger partial charge in [0, 0.05) is 96.8 Å². The summed E-state index contributed by atoms with van der Waals surface area (Å²) >= 11 is 6.95. The Morgan fingerprint density at radius 1 is 0.343 bits per heavy atom. The lowest BCUT2D eigenvalue weighted by Crippen LogP contribution is -2.62. The van der Waals surface area contributed by atoms with Crippen LogP contribution >= 0.6 is 67.1 Å². The van der Waals surface area contributed by atoms with Crippen LogP contribution in [-0.4, -0.2) is 6.99 Å². The molecule has 0 saturated carbocycles. The molecule has 11 heteroatoms. The number of hydrogen-bond donors (Lipinski definition) is 0. The van der Waals surface area contributed by atoms with Gasteiger partial charge in [0.1, 0.15) is 22.7 Å². The molecule has 0 radical (unpaired) electrons. The van der Waals surface area contributed by atoms with E-state index < -0.39 is 107 Å². The number of hydrogen-bond acceptors (Lipinski definition) is 6. The predicted octanol–water partition coefficient (Wildman–Crippen LogP) is 35.0. The fraction of sp³-hybridized carbons (Fsp3) is 0.206. The van der Waals surface area contributed by atoms with Crippen molar-refractivity contribution in [1.82, 2.24) is 0 Å². The van der Waals surface area contributed by atoms with E-state index in [0.717, 1.165) is 106 Å². The van der Waals surface area contributed by atoms with Crippen molar-refractivity contribution >= 4 is 169 Å². The maximum Gasteiger partial charge on any atom is 0.355 e. The van der Waals surface area contributed by atoms with Gasteiger partial charge in [-0.15, -0.1) is 67.1 Å². The van der Waals surface area contributed by atoms with Crippen LogP contribution in [0.3, 0.4) is 0 Å². The second-order valence-electron chi connectivity index (χ2n) is 40.3. The second-order valence-corrected chi connectivity index (χ2v) is 51.2. The van der Waals surface area contributed by atoms with E-state index in [-0.39, 0.29) is 169 Å². The Balaban J connectivity index is 0.000000201. The molecule has 0 fully saturated rings. The van der Waals surface area contributed by atoms with Crippen LogP contribution in [0.4, 0.5) is 56.9 Å². The van der Waals surface area contributed by atoms with Crippen molar-refractivity contribution in [3.63, 3.8) is 0 Å². The Labute approximate surface area is 887 Å². The molecule has 20 rings (SSSR count). The summed E-state index contributed by atoms with van der Waals surface area (Å²) in [5.41, 5.74) is 16.7. The van der Waals surface area contributed by atoms with Crippen molar-refractivity contribution in [3.05, 3.63) is 448 Å². The summed E-state index contributed by atoms with van der Waals surface area (Å²) in [4.78, 5) is 8.02. The first kappa shape index (κ1) is 69.8. The van der Waals surface area contributed by atoms with Gasteiger partial charge in [-0.1, -0.05) is 389 Å². The number of rotatable bonds is 18. The normalized spacial score (nSPS) is 15.0. The van der Waals surface area contributed by atoms with Gasteiger partial charge in [-0.05, 0) is 233 Å². The Morgan fingerprint density at radius 2 is 0.818 bits per heavy atom. The summed E-state index contributed by atoms with van der Waals surface area (Å²) in [5, 5.41) is 0.00213. The Hall–Kier alpha value is -11.9. The Bertz CT molecular complexity index is 8860. The van der Waals surface area contributed by atoms with Gasteiger partial charge < -0.3 is 28.4 Å². The fourth-order valence-corrected chi connectivity index (χ4v) is 18.2. The van der Waals surface area contributed by atoms with Gasteiger partial charge in [-0.2, -0.15) is 0 Å². The van der Waals surface area contributed by atoms with Gasteiger partial charge in [0.2, 0.25) is 0 Å². The highest BCUT2D eigenvalue weighted by atomic mass is 127. The van der Waals surface area contributed by atoms with E-state index in [1.54, 1.807) is 4.90 Å². The van der Waals surface area contributed by atoms with Gasteiger partial charge in [-0.25, -0.2) is 0 Å². The number of anilines is 10. The minimum absolute atomic E-state index is 0.0217. The quantitative estimate of drug-likeness (QED) is 0.0630. The highest BCUT2D eigenvalue weighted by Crippen LogP contribution is 2.52. The van der Waals surface area contributed by atoms with Crippen LogP contribution in [0.1, 0.15) is 210 Å². The lowest BCUT2D eigenvalue weighted by molar-refractivity contribution is 0.589. The van der Waals surface area contributed by atoms with Gasteiger partial charge in [-0.3, -0.25) is 0 Å². The number of nitrogens with zero attached hydrogens (tertiary/aromatic N) is 4. The molecule has 2 aliphatic heterocycles. The summed E-state index contributed by atoms with van der Waals surface area (Å²) in [5.74, 6) is -0.777. The molecule has 18 aromatic rings. The third-order valence-corrected chi connectivity index (χ3v) is 25.8. The smallest absolute Gasteiger partial charge is 0.355 e. The largest absolute Gasteiger partial charge is 0.456 e. The lowest BCUT2D eigenvalue weighted by atomic mass is 9.33. The van der Waals surface area contributed by atoms with Crippen molar-refractivity contribution in [1.29, 1.82) is 0 Å². The number of fused-ring (bicyclic) bond motifs is 7. The fourth-order valence-electron chi connectivity index (χ4n) is 18.2. The monoisotopic (exact) mass is 2150 g/mol. The zero-order valence-corrected chi connectivity index (χ0v) is 86.8. The summed E-state index contributed by atoms with van der Waals surface area (Å²) in [6.07, 6.45) is 0. The molecule has 0 atom stereocenters. The van der Waals surface area contributed by atoms with E-state index >= 15 is 0 Å². The van der Waals surface area contributed by atoms with Crippen LogP contribution in [0.25, 0.3) is 66.8 Å². The molecule has 4 heterocycles. The molecule has 2 aromatic heterocycles. The van der Waals surface area contributed by atoms with E-state index in [2.05, 4.69) is 286 Å². The molecule has 6 nitrogen and oxygen atoms in total. The first-order chi connectivity index (χ1) is 75.5. The first-order valence-electron chi connectivity index (χ1n) is 58.1. The van der Waals surface area contributed by atoms with E-state index in [9.17, 15) is 17.8 Å². The molecule has 0 unspecified atom stereocenters. The molecular formula is C126H121B2I3N4O2. The Kier molecular flexibility index (Phi) is 19.8. The summed E-state index contributed by atoms with van der Waals surface area (Å²) in [6, 6.07) is 70.3. The molecule has 137 heavy (non-hydrogen) atoms. The lowest BCUT2D eigenvalue weighted by Gasteiger charge is -2.45. The van der Waals surface area contributed by atoms with Crippen molar-refractivity contribution in [2.75, 3.05) is 19.6 Å². The molecule has 0 saturated heterocycles. The first-order valence-corrected chi connectivity index (χ1v) is 49.8. The maximum atomic E-state index is 10.2. The average Bonchev–Trinajstić information content (AvgIpc) is 1.67. The third kappa shape index (κ3) is 20.0. The molecule has 2 aliphatic rings. The molecule has 0 spiro atoms. The molecule has 16 aromatic carbocycles. The minimum Gasteiger partial charge on any atom is -0.456 e. The molecule has 0 aliphatic carbocycles. The van der Waals surface area contributed by atoms with Gasteiger partial charge >= 0.3 is 0.282 Å². The standard InChI is InChI=1S/C63H59BN2O.C63H62N2O.BI3/c1-41-35-55-59-56(36-41)66(53-33-30-47(62(5,6)7)37-49(53)43-19-13-10-14-20-43)54-38-48(63(8,9)46-23-17-12-18-24-46)29-31-51(54)64(59)52-32-34-57-50(39-58(67-57)44-21-15-11-16-22-44)60(52)65(55)40-42-25-27-45(28-26-42)61(2,3)4;1-44-37-53(64(43-45-31-33-48(34-32-45)61(2,3)4)57-29-20-30-59-56(57)42-60(66-59)47-23-15-11-16-24-47)41-54(38-44)65(52-28-19-27-51(39-52)63(8,9)49-25-17-12-18-26-49)58-36-35-50(62(5,6)7)40-55(58)46-21-13-10-14-22-46;2-1(3)4/h10-39H,40H2,1-9H3;10-42H,43H2,1-9H3;/i11D,15D,16D,21D,22D,25D,26D,27D,28D,32D,34D,39D;11D,15D,16D,20D,23D,24D,30D,31D,32D,33D,34D,42D;. The highest BCUT2D eigenvalue weighted by molar-refractivity contribution is 14.4. The van der Waals surface area contributed by atoms with Crippen molar-refractivity contribution < 1.29 is 41.7 Å². The van der Waals surface area contributed by atoms with Crippen molar-refractivity contribution in [3.8, 4) is 44.9 Å². The number of furan rings is 2. The zero-order valence-electron chi connectivity index (χ0n) is 104. The number of halogens is 3. The molecule has 0 amide bonds. The maximum absolute atomic E-state index is 10.2. The van der Waals surface area contributed by atoms with Crippen molar-refractivity contribution in [2.24, 2.45) is 0 Å². The van der Waals surface area contributed by atoms with Crippen LogP contribution in [0.5, 0.6) is 0 Å². The molecular weight excluding hydrogens is 2000 g/mol. The van der Waals surface area contributed by atoms with E-state index in [0.29, 0.717) is 22.5 Å². The highest BCUT2D eigenvalue weighted by Gasteiger charge is 2.46. The molecule has 0 bridgehead atoms. The van der Waals surface area contributed by atoms with Gasteiger partial charge in [0.25, 0.3) is 6.71 Å². The van der Waals surface area contributed by atoms with Crippen LogP contribution in [-0.2, 0) is 45.6 Å². The summed E-state index contributed by atoms with van der Waals surface area (Å²) < 4.78 is 234. The third-order valence-electron chi connectivity index (χ3n) is 25.8. The molecule has 0 N–H and O–H groups in total. The van der Waals surface area contributed by atoms with Crippen molar-refractivity contribution in [2.45, 2.75) is 170 Å². The van der Waals surface area contributed by atoms with Gasteiger partial charge in [0.15, 0.2) is 0 Å². The topological polar surface area (TPSA) is 39.2 Å². The predicted molar refractivity (Wildman–Crippen MR) is 615 cm³/mol. The summed E-state index contributed by atoms with van der Waals surface area (Å²) in [6.45, 7) is 35.5. The zero-order chi connectivity index (χ0) is 117. The van der Waals surface area contributed by atoms with E-state index in [4.69, 9.17) is 23.9 Å². The average molecular weight is 2150 g/mol. The number of benzene rings is 16. The van der Waals surface area contributed by atoms with E-state index in [1.807, 2.05) is 151 Å². The van der Waals surface area contributed by atoms with E-state index in [1.165, 1.54) is 6.07 Å². The van der Waals surface area contributed by atoms with Crippen LogP contribution in [0, 0.1) is 13.8 Å². The SMILES string of the molecule is IB(I)I.[2H]c1c([2H])c([2H])c(-c2oc3c([2H])c([2H])c4c(c3c2[2H])N(Cc2c([2H])c([2H])c(C(C)(C)C)c([2H])c2[2H])c2cc(C)cc3c2B4c2ccc(C(C)(C)c4ccccc4)cc2N3c2ccc(C(C)(C)C)cc2-c2ccccc2)c([2H])c1[2H].[2H]c1cc(N(Cc2c([2H])c([2H])c(C(C)(C)C)c([2H])c2[2H])c2cc(C)cc(N(c3cccc(C(C)(C)c4ccccc4)c3)c3ccc(C(C)(C)C)cc3-c3ccccc3)c2)c2c([2H])c(-c3c([2H])c([2H])c([2H])c([2H])c3[2H])oc2c1[2H]. The van der Waals surface area contributed by atoms with Crippen LogP contribution in [0.15, 0.2) is 390 Å². The second kappa shape index (κ2) is 38.8. The Morgan fingerprint density at radius 3 is 1.38 bits per heavy atom. The summed E-state index contributed by atoms with van der Waals surface area (Å²) in [7, 11) is 0. The van der Waals surface area contributed by atoms with Gasteiger partial charge in [0.05, 0.1) is 50.0 Å². The molecule has 684 valence electrons. The van der Waals surface area contributed by atoms with Crippen LogP contribution in [0.2, 0.25) is 0 Å².